The molecule has 0 radical (unpaired) electrons. The lowest BCUT2D eigenvalue weighted by molar-refractivity contribution is -0.142. The largest absolute Gasteiger partial charge is 0.488 e. The lowest BCUT2D eigenvalue weighted by Crippen LogP contribution is -2.46. The van der Waals surface area contributed by atoms with Crippen molar-refractivity contribution in [2.45, 2.75) is 31.4 Å². The van der Waals surface area contributed by atoms with Gasteiger partial charge in [-0.15, -0.1) is 0 Å². The molecular formula is C17H24N2O3. The van der Waals surface area contributed by atoms with Gasteiger partial charge in [0, 0.05) is 32.1 Å². The van der Waals surface area contributed by atoms with Crippen molar-refractivity contribution in [3.63, 3.8) is 0 Å². The predicted molar refractivity (Wildman–Crippen MR) is 84.0 cm³/mol. The number of para-hydroxylation sites is 1. The molecule has 0 unspecified atom stereocenters. The fourth-order valence-electron chi connectivity index (χ4n) is 3.21. The van der Waals surface area contributed by atoms with Gasteiger partial charge in [-0.2, -0.15) is 0 Å². The minimum Gasteiger partial charge on any atom is -0.488 e. The van der Waals surface area contributed by atoms with E-state index in [-0.39, 0.29) is 12.1 Å². The molecule has 0 amide bonds. The molecule has 2 aliphatic heterocycles. The van der Waals surface area contributed by atoms with Crippen molar-refractivity contribution in [2.24, 2.45) is 0 Å². The SMILES string of the molecule is COC(=O)CN1CCC(NC[C@H]2Cc3ccccc3O2)CC1. The molecule has 1 N–H and O–H groups in total. The molecule has 22 heavy (non-hydrogen) atoms. The molecule has 0 aromatic heterocycles. The summed E-state index contributed by atoms with van der Waals surface area (Å²) >= 11 is 0. The zero-order valence-electron chi connectivity index (χ0n) is 13.1. The Morgan fingerprint density at radius 2 is 2.14 bits per heavy atom. The Hall–Kier alpha value is -1.59. The van der Waals surface area contributed by atoms with E-state index in [9.17, 15) is 4.79 Å². The van der Waals surface area contributed by atoms with E-state index in [0.29, 0.717) is 12.6 Å². The first-order valence-corrected chi connectivity index (χ1v) is 8.01. The predicted octanol–water partition coefficient (Wildman–Crippen LogP) is 1.22. The van der Waals surface area contributed by atoms with Gasteiger partial charge in [0.25, 0.3) is 0 Å². The minimum atomic E-state index is -0.150. The highest BCUT2D eigenvalue weighted by Gasteiger charge is 2.25. The van der Waals surface area contributed by atoms with Crippen LogP contribution >= 0.6 is 0 Å². The Balaban J connectivity index is 1.37. The normalized spacial score (nSPS) is 22.1. The Kier molecular flexibility index (Phi) is 4.95. The van der Waals surface area contributed by atoms with Crippen molar-refractivity contribution in [1.29, 1.82) is 0 Å². The number of methoxy groups -OCH3 is 1. The first-order valence-electron chi connectivity index (χ1n) is 8.01. The number of nitrogens with one attached hydrogen (secondary N) is 1. The Bertz CT molecular complexity index is 487. The number of hydrogen-bond acceptors (Lipinski definition) is 5. The molecule has 5 nitrogen and oxygen atoms in total. The number of ether oxygens (including phenoxy) is 2. The van der Waals surface area contributed by atoms with Gasteiger partial charge in [-0.05, 0) is 24.5 Å². The van der Waals surface area contributed by atoms with Crippen LogP contribution < -0.4 is 10.1 Å². The number of carbonyl (C=O) groups excluding carboxylic acids is 1. The van der Waals surface area contributed by atoms with Crippen LogP contribution in [0, 0.1) is 0 Å². The van der Waals surface area contributed by atoms with Crippen LogP contribution in [0.4, 0.5) is 0 Å². The molecule has 1 atom stereocenters. The number of nitrogens with zero attached hydrogens (tertiary/aromatic N) is 1. The zero-order chi connectivity index (χ0) is 15.4. The summed E-state index contributed by atoms with van der Waals surface area (Å²) in [4.78, 5) is 13.4. The molecule has 1 fully saturated rings. The molecule has 0 saturated carbocycles. The van der Waals surface area contributed by atoms with Crippen molar-refractivity contribution in [3.8, 4) is 5.75 Å². The number of fused-ring (bicyclic) bond motifs is 1. The quantitative estimate of drug-likeness (QED) is 0.829. The molecule has 0 aliphatic carbocycles. The van der Waals surface area contributed by atoms with Gasteiger partial charge in [0.05, 0.1) is 13.7 Å². The summed E-state index contributed by atoms with van der Waals surface area (Å²) in [6.45, 7) is 3.18. The van der Waals surface area contributed by atoms with Gasteiger partial charge >= 0.3 is 5.97 Å². The molecule has 3 rings (SSSR count). The molecule has 1 aromatic carbocycles. The summed E-state index contributed by atoms with van der Waals surface area (Å²) in [6, 6.07) is 8.78. The average Bonchev–Trinajstić information content (AvgIpc) is 2.97. The highest BCUT2D eigenvalue weighted by atomic mass is 16.5. The lowest BCUT2D eigenvalue weighted by atomic mass is 10.0. The standard InChI is InChI=1S/C17H24N2O3/c1-21-17(20)12-19-8-6-14(7-9-19)18-11-15-10-13-4-2-3-5-16(13)22-15/h2-5,14-15,18H,6-12H2,1H3/t15-/m1/s1. The Morgan fingerprint density at radius 1 is 1.36 bits per heavy atom. The van der Waals surface area contributed by atoms with E-state index in [1.807, 2.05) is 12.1 Å². The molecule has 2 aliphatic rings. The van der Waals surface area contributed by atoms with Crippen LogP contribution in [0.3, 0.4) is 0 Å². The van der Waals surface area contributed by atoms with Crippen LogP contribution in [0.1, 0.15) is 18.4 Å². The Labute approximate surface area is 131 Å². The third kappa shape index (κ3) is 3.78. The molecule has 2 heterocycles. The summed E-state index contributed by atoms with van der Waals surface area (Å²) in [5.74, 6) is 0.880. The van der Waals surface area contributed by atoms with E-state index in [4.69, 9.17) is 9.47 Å². The van der Waals surface area contributed by atoms with Crippen LogP contribution in [0.5, 0.6) is 5.75 Å². The van der Waals surface area contributed by atoms with Crippen molar-refractivity contribution >= 4 is 5.97 Å². The van der Waals surface area contributed by atoms with Crippen molar-refractivity contribution in [2.75, 3.05) is 33.3 Å². The molecule has 5 heteroatoms. The molecule has 1 saturated heterocycles. The first kappa shape index (κ1) is 15.3. The third-order valence-corrected chi connectivity index (χ3v) is 4.52. The number of benzene rings is 1. The highest BCUT2D eigenvalue weighted by molar-refractivity contribution is 5.71. The third-order valence-electron chi connectivity index (χ3n) is 4.52. The number of hydrogen-bond donors (Lipinski definition) is 1. The molecule has 0 spiro atoms. The summed E-state index contributed by atoms with van der Waals surface area (Å²) in [6.07, 6.45) is 3.36. The van der Waals surface area contributed by atoms with Crippen molar-refractivity contribution < 1.29 is 14.3 Å². The number of esters is 1. The number of piperidine rings is 1. The minimum absolute atomic E-state index is 0.150. The maximum absolute atomic E-state index is 11.3. The number of carbonyl (C=O) groups is 1. The zero-order valence-corrected chi connectivity index (χ0v) is 13.1. The summed E-state index contributed by atoms with van der Waals surface area (Å²) in [5.41, 5.74) is 1.31. The molecule has 120 valence electrons. The fourth-order valence-corrected chi connectivity index (χ4v) is 3.21. The second-order valence-electron chi connectivity index (χ2n) is 6.09. The maximum atomic E-state index is 11.3. The van der Waals surface area contributed by atoms with E-state index in [1.165, 1.54) is 12.7 Å². The lowest BCUT2D eigenvalue weighted by Gasteiger charge is -2.32. The van der Waals surface area contributed by atoms with Gasteiger partial charge in [0.1, 0.15) is 11.9 Å². The molecule has 1 aromatic rings. The van der Waals surface area contributed by atoms with E-state index in [1.54, 1.807) is 0 Å². The van der Waals surface area contributed by atoms with Gasteiger partial charge in [-0.1, -0.05) is 18.2 Å². The Morgan fingerprint density at radius 3 is 2.86 bits per heavy atom. The van der Waals surface area contributed by atoms with Gasteiger partial charge in [-0.25, -0.2) is 0 Å². The van der Waals surface area contributed by atoms with Crippen LogP contribution in [0.2, 0.25) is 0 Å². The van der Waals surface area contributed by atoms with E-state index in [2.05, 4.69) is 22.3 Å². The summed E-state index contributed by atoms with van der Waals surface area (Å²) in [7, 11) is 1.44. The highest BCUT2D eigenvalue weighted by Crippen LogP contribution is 2.27. The molecule has 0 bridgehead atoms. The van der Waals surface area contributed by atoms with Gasteiger partial charge in [-0.3, -0.25) is 9.69 Å². The second kappa shape index (κ2) is 7.11. The number of likely N-dealkylation sites (tertiary alicyclic amines) is 1. The van der Waals surface area contributed by atoms with Crippen LogP contribution in [0.15, 0.2) is 24.3 Å². The van der Waals surface area contributed by atoms with E-state index < -0.39 is 0 Å². The first-order chi connectivity index (χ1) is 10.7. The second-order valence-corrected chi connectivity index (χ2v) is 6.09. The van der Waals surface area contributed by atoms with Crippen LogP contribution in [0.25, 0.3) is 0 Å². The smallest absolute Gasteiger partial charge is 0.319 e. The maximum Gasteiger partial charge on any atom is 0.319 e. The van der Waals surface area contributed by atoms with Gasteiger partial charge < -0.3 is 14.8 Å². The van der Waals surface area contributed by atoms with Gasteiger partial charge in [0.15, 0.2) is 0 Å². The fraction of sp³-hybridized carbons (Fsp3) is 0.588. The van der Waals surface area contributed by atoms with Crippen LogP contribution in [-0.2, 0) is 16.0 Å². The average molecular weight is 304 g/mol. The van der Waals surface area contributed by atoms with E-state index in [0.717, 1.165) is 44.6 Å². The topological polar surface area (TPSA) is 50.8 Å². The summed E-state index contributed by atoms with van der Waals surface area (Å²) in [5, 5.41) is 3.62. The van der Waals surface area contributed by atoms with E-state index >= 15 is 0 Å². The summed E-state index contributed by atoms with van der Waals surface area (Å²) < 4.78 is 10.7. The number of rotatable bonds is 5. The molecular weight excluding hydrogens is 280 g/mol. The van der Waals surface area contributed by atoms with Crippen LogP contribution in [-0.4, -0.2) is 56.3 Å². The van der Waals surface area contributed by atoms with Crippen molar-refractivity contribution in [1.82, 2.24) is 10.2 Å². The van der Waals surface area contributed by atoms with Crippen molar-refractivity contribution in [3.05, 3.63) is 29.8 Å². The monoisotopic (exact) mass is 304 g/mol. The van der Waals surface area contributed by atoms with Gasteiger partial charge in [0.2, 0.25) is 0 Å².